The minimum Gasteiger partial charge on any atom is -0.462 e. The molecule has 0 fully saturated rings. The first-order valence-electron chi connectivity index (χ1n) is 36.9. The highest BCUT2D eigenvalue weighted by Gasteiger charge is 2.27. The molecule has 9 nitrogen and oxygen atoms in total. The van der Waals surface area contributed by atoms with E-state index in [9.17, 15) is 19.0 Å². The first kappa shape index (κ1) is 86.2. The number of hydrogen-bond donors (Lipinski definition) is 1. The highest BCUT2D eigenvalue weighted by atomic mass is 31.2. The molecule has 0 saturated heterocycles. The van der Waals surface area contributed by atoms with Gasteiger partial charge >= 0.3 is 19.8 Å². The smallest absolute Gasteiger partial charge is 0.462 e. The van der Waals surface area contributed by atoms with Crippen molar-refractivity contribution in [2.45, 2.75) is 315 Å². The van der Waals surface area contributed by atoms with Gasteiger partial charge < -0.3 is 18.9 Å². The Hall–Kier alpha value is -3.85. The molecule has 0 amide bonds. The van der Waals surface area contributed by atoms with E-state index in [0.717, 1.165) is 103 Å². The van der Waals surface area contributed by atoms with Crippen molar-refractivity contribution in [2.24, 2.45) is 0 Å². The van der Waals surface area contributed by atoms with Crippen molar-refractivity contribution in [3.05, 3.63) is 134 Å². The molecule has 0 bridgehead atoms. The second-order valence-corrected chi connectivity index (χ2v) is 27.0. The molecule has 0 heterocycles. The SMILES string of the molecule is CC/C=C\C/C=C\C/C=C\C/C=C\C/C=C\C/C=C\CCCCCCCCCCCCCCCCCCCCCCC(=O)OC(COC(=O)CCCCCCCCCCCCC/C=C\C/C=C\C/C=C\C/C=C\C/C=C\CC)COP(=O)(O)OCC[N+](C)(C)C. The van der Waals surface area contributed by atoms with Crippen LogP contribution in [0.3, 0.4) is 0 Å². The molecule has 90 heavy (non-hydrogen) atoms. The van der Waals surface area contributed by atoms with Crippen molar-refractivity contribution in [1.29, 1.82) is 0 Å². The Bertz CT molecular complexity index is 1980. The number of likely N-dealkylation sites (N-methyl/N-ethyl adjacent to an activating group) is 1. The van der Waals surface area contributed by atoms with E-state index >= 15 is 0 Å². The predicted molar refractivity (Wildman–Crippen MR) is 390 cm³/mol. The third kappa shape index (κ3) is 73.2. The van der Waals surface area contributed by atoms with Crippen LogP contribution in [0.25, 0.3) is 0 Å². The molecule has 0 aromatic carbocycles. The molecule has 0 saturated carbocycles. The normalized spacial score (nSPS) is 13.9. The number of allylic oxidation sites excluding steroid dienone is 22. The van der Waals surface area contributed by atoms with Crippen LogP contribution in [0.1, 0.15) is 309 Å². The second-order valence-electron chi connectivity index (χ2n) is 25.6. The Balaban J connectivity index is 4.00. The first-order chi connectivity index (χ1) is 44.0. The van der Waals surface area contributed by atoms with E-state index in [0.29, 0.717) is 17.4 Å². The molecule has 2 atom stereocenters. The number of unbranched alkanes of at least 4 members (excludes halogenated alkanes) is 31. The summed E-state index contributed by atoms with van der Waals surface area (Å²) >= 11 is 0. The lowest BCUT2D eigenvalue weighted by atomic mass is 10.0. The van der Waals surface area contributed by atoms with Gasteiger partial charge in [0.1, 0.15) is 19.8 Å². The zero-order valence-electron chi connectivity index (χ0n) is 58.8. The molecule has 516 valence electrons. The van der Waals surface area contributed by atoms with E-state index in [2.05, 4.69) is 148 Å². The molecule has 2 unspecified atom stereocenters. The summed E-state index contributed by atoms with van der Waals surface area (Å²) in [5.41, 5.74) is 0. The van der Waals surface area contributed by atoms with Crippen LogP contribution in [-0.2, 0) is 32.7 Å². The van der Waals surface area contributed by atoms with Crippen molar-refractivity contribution in [2.75, 3.05) is 47.5 Å². The number of phosphoric acid groups is 1. The predicted octanol–water partition coefficient (Wildman–Crippen LogP) is 24.4. The molecule has 0 aromatic rings. The van der Waals surface area contributed by atoms with Crippen LogP contribution in [0.2, 0.25) is 0 Å². The maximum absolute atomic E-state index is 12.9. The van der Waals surface area contributed by atoms with Crippen LogP contribution in [0, 0.1) is 0 Å². The molecule has 1 N–H and O–H groups in total. The van der Waals surface area contributed by atoms with Crippen LogP contribution in [0.15, 0.2) is 134 Å². The average molecular weight is 1270 g/mol. The molecule has 0 spiro atoms. The Morgan fingerprint density at radius 1 is 0.344 bits per heavy atom. The van der Waals surface area contributed by atoms with E-state index in [-0.39, 0.29) is 32.0 Å². The molecular weight excluding hydrogens is 1130 g/mol. The van der Waals surface area contributed by atoms with Gasteiger partial charge in [0.2, 0.25) is 0 Å². The Morgan fingerprint density at radius 3 is 0.889 bits per heavy atom. The van der Waals surface area contributed by atoms with E-state index in [1.165, 1.54) is 173 Å². The van der Waals surface area contributed by atoms with Gasteiger partial charge in [-0.25, -0.2) is 4.57 Å². The highest BCUT2D eigenvalue weighted by Crippen LogP contribution is 2.43. The van der Waals surface area contributed by atoms with E-state index < -0.39 is 26.5 Å². The second kappa shape index (κ2) is 69.5. The number of ether oxygens (including phenoxy) is 2. The standard InChI is InChI=1S/C80H138NO8P/c1-6-8-10-12-14-16-18-20-22-24-26-28-30-32-34-35-36-37-38-39-40-41-42-43-44-45-47-49-51-53-55-57-59-61-63-65-67-69-71-73-80(83)89-78(77-88-90(84,85)87-75-74-81(3,4)5)76-86-79(82)72-70-68-66-64-62-60-58-56-54-52-50-48-46-33-31-29-27-25-23-21-19-17-15-13-11-9-7-2/h8-11,14-17,20-23,26-29,32-34,36-37,46,78H,6-7,12-13,18-19,24-25,30-31,35,38-45,47-77H2,1-5H3/p+1/b10-8-,11-9-,16-14-,17-15-,22-20-,23-21-,28-26-,29-27-,34-32-,37-36-,46-33-. The Morgan fingerprint density at radius 2 is 0.600 bits per heavy atom. The van der Waals surface area contributed by atoms with Crippen molar-refractivity contribution in [1.82, 2.24) is 0 Å². The number of nitrogens with zero attached hydrogens (tertiary/aromatic N) is 1. The van der Waals surface area contributed by atoms with Gasteiger partial charge in [0.15, 0.2) is 6.10 Å². The Kier molecular flexibility index (Phi) is 66.5. The molecule has 0 aliphatic rings. The van der Waals surface area contributed by atoms with Crippen LogP contribution in [0.4, 0.5) is 0 Å². The number of hydrogen-bond acceptors (Lipinski definition) is 7. The summed E-state index contributed by atoms with van der Waals surface area (Å²) in [6.45, 7) is 4.22. The minimum absolute atomic E-state index is 0.0276. The number of quaternary nitrogens is 1. The molecular formula is C80H139NO8P+. The molecule has 0 aliphatic carbocycles. The van der Waals surface area contributed by atoms with Crippen LogP contribution in [-0.4, -0.2) is 74.9 Å². The van der Waals surface area contributed by atoms with Gasteiger partial charge in [0.25, 0.3) is 0 Å². The minimum atomic E-state index is -4.40. The molecule has 0 radical (unpaired) electrons. The molecule has 10 heteroatoms. The van der Waals surface area contributed by atoms with Crippen LogP contribution < -0.4 is 0 Å². The summed E-state index contributed by atoms with van der Waals surface area (Å²) in [6, 6.07) is 0. The Labute approximate surface area is 555 Å². The quantitative estimate of drug-likeness (QED) is 0.0211. The maximum Gasteiger partial charge on any atom is 0.472 e. The van der Waals surface area contributed by atoms with Gasteiger partial charge in [-0.15, -0.1) is 0 Å². The summed E-state index contributed by atoms with van der Waals surface area (Å²) in [4.78, 5) is 35.9. The topological polar surface area (TPSA) is 108 Å². The lowest BCUT2D eigenvalue weighted by molar-refractivity contribution is -0.870. The summed E-state index contributed by atoms with van der Waals surface area (Å²) in [6.07, 6.45) is 101. The highest BCUT2D eigenvalue weighted by molar-refractivity contribution is 7.47. The van der Waals surface area contributed by atoms with Gasteiger partial charge in [-0.2, -0.15) is 0 Å². The van der Waals surface area contributed by atoms with Gasteiger partial charge in [0, 0.05) is 12.8 Å². The van der Waals surface area contributed by atoms with Gasteiger partial charge in [0.05, 0.1) is 27.7 Å². The maximum atomic E-state index is 12.9. The molecule has 0 rings (SSSR count). The van der Waals surface area contributed by atoms with Gasteiger partial charge in [-0.05, 0) is 109 Å². The van der Waals surface area contributed by atoms with Gasteiger partial charge in [-0.1, -0.05) is 321 Å². The third-order valence-corrected chi connectivity index (χ3v) is 16.7. The van der Waals surface area contributed by atoms with E-state index in [1.54, 1.807) is 0 Å². The number of esters is 2. The van der Waals surface area contributed by atoms with Crippen LogP contribution in [0.5, 0.6) is 0 Å². The third-order valence-electron chi connectivity index (χ3n) is 15.7. The summed E-state index contributed by atoms with van der Waals surface area (Å²) in [5.74, 6) is -0.795. The summed E-state index contributed by atoms with van der Waals surface area (Å²) in [7, 11) is 1.47. The lowest BCUT2D eigenvalue weighted by Gasteiger charge is -2.24. The largest absolute Gasteiger partial charge is 0.472 e. The number of rotatable bonds is 67. The fourth-order valence-electron chi connectivity index (χ4n) is 10.1. The number of carbonyl (C=O) groups excluding carboxylic acids is 2. The van der Waals surface area contributed by atoms with E-state index in [1.807, 2.05) is 21.1 Å². The average Bonchev–Trinajstić information content (AvgIpc) is 3.58. The summed E-state index contributed by atoms with van der Waals surface area (Å²) < 4.78 is 34.8. The lowest BCUT2D eigenvalue weighted by Crippen LogP contribution is -2.37. The summed E-state index contributed by atoms with van der Waals surface area (Å²) in [5, 5.41) is 0. The van der Waals surface area contributed by atoms with Crippen molar-refractivity contribution in [3.8, 4) is 0 Å². The van der Waals surface area contributed by atoms with Crippen LogP contribution >= 0.6 is 7.82 Å². The fourth-order valence-corrected chi connectivity index (χ4v) is 10.8. The zero-order chi connectivity index (χ0) is 65.5. The molecule has 0 aliphatic heterocycles. The number of carbonyl (C=O) groups is 2. The number of phosphoric ester groups is 1. The fraction of sp³-hybridized carbons (Fsp3) is 0.700. The zero-order valence-corrected chi connectivity index (χ0v) is 59.7. The van der Waals surface area contributed by atoms with E-state index in [4.69, 9.17) is 18.5 Å². The van der Waals surface area contributed by atoms with Crippen molar-refractivity contribution >= 4 is 19.8 Å². The van der Waals surface area contributed by atoms with Gasteiger partial charge in [-0.3, -0.25) is 18.6 Å². The monoisotopic (exact) mass is 1270 g/mol. The van der Waals surface area contributed by atoms with Crippen molar-refractivity contribution < 1.29 is 42.1 Å². The van der Waals surface area contributed by atoms with Crippen molar-refractivity contribution in [3.63, 3.8) is 0 Å². The first-order valence-corrected chi connectivity index (χ1v) is 38.4. The molecule has 0 aromatic heterocycles.